The second-order valence-electron chi connectivity index (χ2n) is 2.91. The Balaban J connectivity index is 3.90. The highest BCUT2D eigenvalue weighted by Gasteiger charge is 2.23. The minimum absolute atomic E-state index is 0.345. The molecule has 3 nitrogen and oxygen atoms in total. The van der Waals surface area contributed by atoms with Crippen molar-refractivity contribution in [3.63, 3.8) is 0 Å². The highest BCUT2D eigenvalue weighted by molar-refractivity contribution is 5.79. The maximum Gasteiger partial charge on any atom is 0.223 e. The molecule has 56 valence electrons. The quantitative estimate of drug-likeness (QED) is 0.630. The van der Waals surface area contributed by atoms with Crippen molar-refractivity contribution in [2.75, 3.05) is 0 Å². The van der Waals surface area contributed by atoms with Crippen molar-refractivity contribution in [1.82, 2.24) is 0 Å². The molecule has 0 saturated heterocycles. The summed E-state index contributed by atoms with van der Waals surface area (Å²) >= 11 is 0. The van der Waals surface area contributed by atoms with E-state index in [1.165, 1.54) is 0 Å². The first-order valence-corrected chi connectivity index (χ1v) is 3.17. The molecule has 1 amide bonds. The van der Waals surface area contributed by atoms with Crippen molar-refractivity contribution >= 4 is 5.91 Å². The highest BCUT2D eigenvalue weighted by Crippen LogP contribution is 2.20. The molecule has 3 heteroatoms. The lowest BCUT2D eigenvalue weighted by atomic mass is 9.87. The van der Waals surface area contributed by atoms with Crippen LogP contribution in [0.25, 0.3) is 0 Å². The molecule has 0 heterocycles. The van der Waals surface area contributed by atoms with Crippen LogP contribution in [0.5, 0.6) is 0 Å². The van der Waals surface area contributed by atoms with Gasteiger partial charge in [0.2, 0.25) is 5.91 Å². The molecule has 10 heavy (non-hydrogen) atoms. The molecule has 0 aromatic rings. The number of nitrogens with zero attached hydrogens (tertiary/aromatic N) is 1. The zero-order valence-corrected chi connectivity index (χ0v) is 6.35. The lowest BCUT2D eigenvalue weighted by Gasteiger charge is -2.17. The number of nitriles is 1. The Bertz CT molecular complexity index is 167. The molecule has 0 aliphatic heterocycles. The van der Waals surface area contributed by atoms with E-state index in [0.717, 1.165) is 0 Å². The minimum atomic E-state index is -0.532. The number of nitrogens with two attached hydrogens (primary N) is 1. The van der Waals surface area contributed by atoms with Gasteiger partial charge >= 0.3 is 0 Å². The number of carbonyl (C=O) groups is 1. The molecule has 0 bridgehead atoms. The Morgan fingerprint density at radius 3 is 2.50 bits per heavy atom. The van der Waals surface area contributed by atoms with Gasteiger partial charge in [-0.15, -0.1) is 0 Å². The molecular formula is C7H12N2O. The van der Waals surface area contributed by atoms with Gasteiger partial charge in [-0.25, -0.2) is 0 Å². The van der Waals surface area contributed by atoms with Crippen LogP contribution in [0.15, 0.2) is 0 Å². The van der Waals surface area contributed by atoms with E-state index in [1.807, 2.05) is 6.07 Å². The molecule has 0 aliphatic rings. The van der Waals surface area contributed by atoms with Gasteiger partial charge in [-0.1, -0.05) is 13.8 Å². The maximum atomic E-state index is 10.6. The Labute approximate surface area is 60.8 Å². The predicted octanol–water partition coefficient (Wildman–Crippen LogP) is 0.802. The molecule has 0 atom stereocenters. The first kappa shape index (κ1) is 8.96. The van der Waals surface area contributed by atoms with Gasteiger partial charge in [0, 0.05) is 11.8 Å². The third-order valence-electron chi connectivity index (χ3n) is 1.53. The predicted molar refractivity (Wildman–Crippen MR) is 37.8 cm³/mol. The van der Waals surface area contributed by atoms with E-state index >= 15 is 0 Å². The lowest BCUT2D eigenvalue weighted by molar-refractivity contribution is -0.126. The first-order chi connectivity index (χ1) is 4.50. The summed E-state index contributed by atoms with van der Waals surface area (Å²) in [5.74, 6) is -0.345. The standard InChI is InChI=1S/C7H12N2O/c1-7(2,6(9)10)4-3-5-8/h3-4H2,1-2H3,(H2,9,10). The van der Waals surface area contributed by atoms with Crippen molar-refractivity contribution in [2.24, 2.45) is 11.1 Å². The molecule has 0 spiro atoms. The zero-order chi connectivity index (χ0) is 8.20. The fourth-order valence-electron chi connectivity index (χ4n) is 0.492. The van der Waals surface area contributed by atoms with Crippen molar-refractivity contribution in [3.05, 3.63) is 0 Å². The van der Waals surface area contributed by atoms with Crippen molar-refractivity contribution < 1.29 is 4.79 Å². The van der Waals surface area contributed by atoms with E-state index in [-0.39, 0.29) is 5.91 Å². The van der Waals surface area contributed by atoms with Gasteiger partial charge < -0.3 is 5.73 Å². The first-order valence-electron chi connectivity index (χ1n) is 3.17. The van der Waals surface area contributed by atoms with Crippen LogP contribution in [-0.2, 0) is 4.79 Å². The summed E-state index contributed by atoms with van der Waals surface area (Å²) in [4.78, 5) is 10.6. The molecule has 0 aromatic heterocycles. The summed E-state index contributed by atoms with van der Waals surface area (Å²) in [7, 11) is 0. The van der Waals surface area contributed by atoms with Gasteiger partial charge in [-0.3, -0.25) is 4.79 Å². The molecule has 0 fully saturated rings. The maximum absolute atomic E-state index is 10.6. The Morgan fingerprint density at radius 1 is 1.70 bits per heavy atom. The van der Waals surface area contributed by atoms with Crippen molar-refractivity contribution in [1.29, 1.82) is 5.26 Å². The third-order valence-corrected chi connectivity index (χ3v) is 1.53. The van der Waals surface area contributed by atoms with E-state index in [0.29, 0.717) is 12.8 Å². The van der Waals surface area contributed by atoms with Crippen LogP contribution in [0.4, 0.5) is 0 Å². The van der Waals surface area contributed by atoms with Crippen LogP contribution in [0.3, 0.4) is 0 Å². The minimum Gasteiger partial charge on any atom is -0.369 e. The van der Waals surface area contributed by atoms with Crippen LogP contribution in [0, 0.1) is 16.7 Å². The number of rotatable bonds is 3. The molecule has 2 N–H and O–H groups in total. The SMILES string of the molecule is CC(C)(CCC#N)C(N)=O. The number of primary amides is 1. The summed E-state index contributed by atoms with van der Waals surface area (Å²) in [6, 6.07) is 1.97. The van der Waals surface area contributed by atoms with Crippen LogP contribution in [0.1, 0.15) is 26.7 Å². The molecule has 0 unspecified atom stereocenters. The van der Waals surface area contributed by atoms with Crippen molar-refractivity contribution in [3.8, 4) is 6.07 Å². The van der Waals surface area contributed by atoms with Gasteiger partial charge in [-0.2, -0.15) is 5.26 Å². The topological polar surface area (TPSA) is 66.9 Å². The Kier molecular flexibility index (Phi) is 2.88. The molecule has 0 saturated carbocycles. The molecule has 0 aromatic carbocycles. The normalized spacial score (nSPS) is 10.5. The van der Waals surface area contributed by atoms with Crippen LogP contribution in [-0.4, -0.2) is 5.91 Å². The van der Waals surface area contributed by atoms with Gasteiger partial charge in [-0.05, 0) is 6.42 Å². The summed E-state index contributed by atoms with van der Waals surface area (Å²) in [6.45, 7) is 3.49. The van der Waals surface area contributed by atoms with Gasteiger partial charge in [0.1, 0.15) is 0 Å². The number of hydrogen-bond acceptors (Lipinski definition) is 2. The zero-order valence-electron chi connectivity index (χ0n) is 6.35. The van der Waals surface area contributed by atoms with Gasteiger partial charge in [0.15, 0.2) is 0 Å². The summed E-state index contributed by atoms with van der Waals surface area (Å²) in [5, 5.41) is 8.21. The average Bonchev–Trinajstić information content (AvgIpc) is 1.84. The molecule has 0 radical (unpaired) electrons. The number of amides is 1. The Hall–Kier alpha value is -1.04. The van der Waals surface area contributed by atoms with Crippen LogP contribution in [0.2, 0.25) is 0 Å². The molecule has 0 rings (SSSR count). The average molecular weight is 140 g/mol. The summed E-state index contributed by atoms with van der Waals surface area (Å²) < 4.78 is 0. The van der Waals surface area contributed by atoms with E-state index in [2.05, 4.69) is 0 Å². The highest BCUT2D eigenvalue weighted by atomic mass is 16.1. The largest absolute Gasteiger partial charge is 0.369 e. The van der Waals surface area contributed by atoms with E-state index in [4.69, 9.17) is 11.0 Å². The van der Waals surface area contributed by atoms with Gasteiger partial charge in [0.05, 0.1) is 6.07 Å². The third kappa shape index (κ3) is 2.49. The summed E-state index contributed by atoms with van der Waals surface area (Å²) in [5.41, 5.74) is 4.53. The Morgan fingerprint density at radius 2 is 2.20 bits per heavy atom. The number of hydrogen-bond donors (Lipinski definition) is 1. The fourth-order valence-corrected chi connectivity index (χ4v) is 0.492. The molecule has 0 aliphatic carbocycles. The van der Waals surface area contributed by atoms with Gasteiger partial charge in [0.25, 0.3) is 0 Å². The molecular weight excluding hydrogens is 128 g/mol. The fraction of sp³-hybridized carbons (Fsp3) is 0.714. The second-order valence-corrected chi connectivity index (χ2v) is 2.91. The van der Waals surface area contributed by atoms with E-state index < -0.39 is 5.41 Å². The van der Waals surface area contributed by atoms with Crippen LogP contribution < -0.4 is 5.73 Å². The summed E-state index contributed by atoms with van der Waals surface area (Å²) in [6.07, 6.45) is 0.925. The monoisotopic (exact) mass is 140 g/mol. The smallest absolute Gasteiger partial charge is 0.223 e. The van der Waals surface area contributed by atoms with E-state index in [9.17, 15) is 4.79 Å². The number of carbonyl (C=O) groups excluding carboxylic acids is 1. The lowest BCUT2D eigenvalue weighted by Crippen LogP contribution is -2.31. The van der Waals surface area contributed by atoms with Crippen molar-refractivity contribution in [2.45, 2.75) is 26.7 Å². The second kappa shape index (κ2) is 3.21. The van der Waals surface area contributed by atoms with Crippen LogP contribution >= 0.6 is 0 Å². The van der Waals surface area contributed by atoms with E-state index in [1.54, 1.807) is 13.8 Å².